The smallest absolute Gasteiger partial charge is 0.274 e. The lowest BCUT2D eigenvalue weighted by Crippen LogP contribution is -2.43. The average Bonchev–Trinajstić information content (AvgIpc) is 2.62. The lowest BCUT2D eigenvalue weighted by Gasteiger charge is -2.32. The number of carbonyl (C=O) groups is 2. The second kappa shape index (κ2) is 7.25. The third-order valence-electron chi connectivity index (χ3n) is 4.35. The fourth-order valence-corrected chi connectivity index (χ4v) is 3.29. The predicted molar refractivity (Wildman–Crippen MR) is 102 cm³/mol. The molecule has 0 aliphatic carbocycles. The van der Waals surface area contributed by atoms with Crippen LogP contribution in [0.25, 0.3) is 0 Å². The van der Waals surface area contributed by atoms with Gasteiger partial charge < -0.3 is 19.5 Å². The zero-order valence-electron chi connectivity index (χ0n) is 14.7. The number of amides is 2. The SMILES string of the molecule is CN(C)C(=O)c1cc(=O)c(O)c2n1CCN(Cc1ccc(Cl)c(Cl)c1)C2=O. The number of hydrogen-bond acceptors (Lipinski definition) is 4. The van der Waals surface area contributed by atoms with E-state index in [1.807, 2.05) is 0 Å². The highest BCUT2D eigenvalue weighted by atomic mass is 35.5. The van der Waals surface area contributed by atoms with Gasteiger partial charge in [0.2, 0.25) is 5.43 Å². The van der Waals surface area contributed by atoms with Gasteiger partial charge in [-0.1, -0.05) is 29.3 Å². The Balaban J connectivity index is 2.00. The molecule has 0 saturated carbocycles. The van der Waals surface area contributed by atoms with Crippen molar-refractivity contribution in [2.45, 2.75) is 13.1 Å². The normalized spacial score (nSPS) is 13.5. The molecule has 142 valence electrons. The Morgan fingerprint density at radius 3 is 2.48 bits per heavy atom. The van der Waals surface area contributed by atoms with Gasteiger partial charge in [-0.15, -0.1) is 0 Å². The summed E-state index contributed by atoms with van der Waals surface area (Å²) in [6.07, 6.45) is 0. The molecule has 7 nitrogen and oxygen atoms in total. The molecule has 0 saturated heterocycles. The quantitative estimate of drug-likeness (QED) is 0.842. The molecule has 0 bridgehead atoms. The molecule has 0 atom stereocenters. The van der Waals surface area contributed by atoms with Gasteiger partial charge in [0.05, 0.1) is 10.0 Å². The van der Waals surface area contributed by atoms with Crippen LogP contribution in [-0.2, 0) is 13.1 Å². The van der Waals surface area contributed by atoms with E-state index in [1.54, 1.807) is 32.3 Å². The molecule has 3 rings (SSSR count). The van der Waals surface area contributed by atoms with Gasteiger partial charge in [0.1, 0.15) is 5.69 Å². The summed E-state index contributed by atoms with van der Waals surface area (Å²) in [6, 6.07) is 6.10. The zero-order valence-corrected chi connectivity index (χ0v) is 16.2. The van der Waals surface area contributed by atoms with E-state index in [9.17, 15) is 19.5 Å². The summed E-state index contributed by atoms with van der Waals surface area (Å²) in [5.74, 6) is -1.61. The third kappa shape index (κ3) is 3.52. The lowest BCUT2D eigenvalue weighted by atomic mass is 10.1. The van der Waals surface area contributed by atoms with Crippen molar-refractivity contribution in [1.29, 1.82) is 0 Å². The van der Waals surface area contributed by atoms with Crippen molar-refractivity contribution in [2.24, 2.45) is 0 Å². The van der Waals surface area contributed by atoms with Gasteiger partial charge in [-0.25, -0.2) is 0 Å². The first-order chi connectivity index (χ1) is 12.7. The predicted octanol–water partition coefficient (Wildman–Crippen LogP) is 2.22. The molecular weight excluding hydrogens is 393 g/mol. The summed E-state index contributed by atoms with van der Waals surface area (Å²) in [5, 5.41) is 11.0. The number of aromatic nitrogens is 1. The Morgan fingerprint density at radius 2 is 1.85 bits per heavy atom. The summed E-state index contributed by atoms with van der Waals surface area (Å²) in [5.41, 5.74) is -0.121. The van der Waals surface area contributed by atoms with Crippen LogP contribution in [0.2, 0.25) is 10.0 Å². The number of pyridine rings is 1. The van der Waals surface area contributed by atoms with E-state index in [4.69, 9.17) is 23.2 Å². The molecule has 0 fully saturated rings. The molecule has 1 aromatic heterocycles. The maximum atomic E-state index is 12.9. The minimum atomic E-state index is -0.767. The molecule has 1 N–H and O–H groups in total. The Bertz CT molecular complexity index is 1000. The number of rotatable bonds is 3. The van der Waals surface area contributed by atoms with Gasteiger partial charge in [0.25, 0.3) is 11.8 Å². The summed E-state index contributed by atoms with van der Waals surface area (Å²) >= 11 is 11.9. The van der Waals surface area contributed by atoms with E-state index < -0.39 is 23.0 Å². The van der Waals surface area contributed by atoms with Crippen LogP contribution < -0.4 is 5.43 Å². The van der Waals surface area contributed by atoms with Crippen LogP contribution in [0, 0.1) is 0 Å². The number of benzene rings is 1. The van der Waals surface area contributed by atoms with Crippen LogP contribution in [0.4, 0.5) is 0 Å². The molecule has 2 heterocycles. The van der Waals surface area contributed by atoms with Crippen molar-refractivity contribution >= 4 is 35.0 Å². The number of fused-ring (bicyclic) bond motifs is 1. The van der Waals surface area contributed by atoms with Gasteiger partial charge in [-0.2, -0.15) is 0 Å². The third-order valence-corrected chi connectivity index (χ3v) is 5.09. The molecule has 0 radical (unpaired) electrons. The maximum absolute atomic E-state index is 12.9. The Hall–Kier alpha value is -2.51. The van der Waals surface area contributed by atoms with E-state index >= 15 is 0 Å². The molecule has 2 amide bonds. The molecule has 1 aromatic carbocycles. The van der Waals surface area contributed by atoms with Crippen LogP contribution in [-0.4, -0.2) is 51.9 Å². The molecule has 9 heteroatoms. The van der Waals surface area contributed by atoms with Crippen molar-refractivity contribution in [3.05, 3.63) is 61.5 Å². The molecule has 0 unspecified atom stereocenters. The second-order valence-corrected chi connectivity index (χ2v) is 7.23. The van der Waals surface area contributed by atoms with Crippen LogP contribution in [0.5, 0.6) is 5.75 Å². The van der Waals surface area contributed by atoms with Gasteiger partial charge in [-0.05, 0) is 17.7 Å². The molecular formula is C18H17Cl2N3O4. The van der Waals surface area contributed by atoms with Crippen molar-refractivity contribution in [3.63, 3.8) is 0 Å². The van der Waals surface area contributed by atoms with Crippen molar-refractivity contribution in [1.82, 2.24) is 14.4 Å². The lowest BCUT2D eigenvalue weighted by molar-refractivity contribution is 0.0675. The first kappa shape index (κ1) is 19.3. The summed E-state index contributed by atoms with van der Waals surface area (Å²) in [6.45, 7) is 0.808. The second-order valence-electron chi connectivity index (χ2n) is 6.42. The van der Waals surface area contributed by atoms with E-state index in [1.165, 1.54) is 14.4 Å². The molecule has 27 heavy (non-hydrogen) atoms. The van der Waals surface area contributed by atoms with Gasteiger partial charge in [0, 0.05) is 39.8 Å². The highest BCUT2D eigenvalue weighted by Crippen LogP contribution is 2.26. The molecule has 1 aliphatic heterocycles. The highest BCUT2D eigenvalue weighted by Gasteiger charge is 2.32. The Kier molecular flexibility index (Phi) is 5.17. The number of nitrogens with zero attached hydrogens (tertiary/aromatic N) is 3. The standard InChI is InChI=1S/C18H17Cl2N3O4/c1-21(2)17(26)13-8-14(24)16(25)15-18(27)22(5-6-23(13)15)9-10-3-4-11(19)12(20)7-10/h3-4,7-8,25H,5-6,9H2,1-2H3. The maximum Gasteiger partial charge on any atom is 0.274 e. The molecule has 2 aromatic rings. The van der Waals surface area contributed by atoms with E-state index in [-0.39, 0.29) is 24.5 Å². The van der Waals surface area contributed by atoms with Crippen molar-refractivity contribution < 1.29 is 14.7 Å². The fraction of sp³-hybridized carbons (Fsp3) is 0.278. The Morgan fingerprint density at radius 1 is 1.15 bits per heavy atom. The number of carbonyl (C=O) groups excluding carboxylic acids is 2. The van der Waals surface area contributed by atoms with Crippen LogP contribution in [0.3, 0.4) is 0 Å². The minimum Gasteiger partial charge on any atom is -0.503 e. The first-order valence-electron chi connectivity index (χ1n) is 8.12. The van der Waals surface area contributed by atoms with Gasteiger partial charge >= 0.3 is 0 Å². The number of halogens is 2. The fourth-order valence-electron chi connectivity index (χ4n) is 2.97. The largest absolute Gasteiger partial charge is 0.503 e. The number of hydrogen-bond donors (Lipinski definition) is 1. The van der Waals surface area contributed by atoms with Gasteiger partial charge in [-0.3, -0.25) is 14.4 Å². The van der Waals surface area contributed by atoms with Crippen molar-refractivity contribution in [3.8, 4) is 5.75 Å². The molecule has 1 aliphatic rings. The van der Waals surface area contributed by atoms with Crippen LogP contribution in [0.1, 0.15) is 26.5 Å². The summed E-state index contributed by atoms with van der Waals surface area (Å²) in [7, 11) is 3.10. The first-order valence-corrected chi connectivity index (χ1v) is 8.88. The summed E-state index contributed by atoms with van der Waals surface area (Å²) in [4.78, 5) is 40.2. The highest BCUT2D eigenvalue weighted by molar-refractivity contribution is 6.42. The van der Waals surface area contributed by atoms with Crippen molar-refractivity contribution in [2.75, 3.05) is 20.6 Å². The Labute approximate surface area is 165 Å². The topological polar surface area (TPSA) is 82.8 Å². The number of aromatic hydroxyl groups is 1. The van der Waals surface area contributed by atoms with E-state index in [0.717, 1.165) is 11.6 Å². The van der Waals surface area contributed by atoms with Crippen LogP contribution in [0.15, 0.2) is 29.1 Å². The summed E-state index contributed by atoms with van der Waals surface area (Å²) < 4.78 is 1.40. The van der Waals surface area contributed by atoms with E-state index in [0.29, 0.717) is 16.6 Å². The minimum absolute atomic E-state index is 0.0698. The monoisotopic (exact) mass is 409 g/mol. The van der Waals surface area contributed by atoms with Gasteiger partial charge in [0.15, 0.2) is 11.4 Å². The average molecular weight is 410 g/mol. The van der Waals surface area contributed by atoms with E-state index in [2.05, 4.69) is 0 Å². The zero-order chi connectivity index (χ0) is 19.9. The van der Waals surface area contributed by atoms with Crippen LogP contribution >= 0.6 is 23.2 Å². The molecule has 0 spiro atoms.